The van der Waals surface area contributed by atoms with E-state index >= 15 is 0 Å². The van der Waals surface area contributed by atoms with E-state index in [1.807, 2.05) is 6.92 Å². The van der Waals surface area contributed by atoms with E-state index in [-0.39, 0.29) is 6.10 Å². The number of β-amino-alcohol motifs (C(OH)–C–C–N with tert-alkyl or cyclic N) is 1. The van der Waals surface area contributed by atoms with Crippen molar-refractivity contribution in [2.75, 3.05) is 39.3 Å². The summed E-state index contributed by atoms with van der Waals surface area (Å²) in [7, 11) is 0. The van der Waals surface area contributed by atoms with Crippen molar-refractivity contribution in [3.63, 3.8) is 0 Å². The van der Waals surface area contributed by atoms with Gasteiger partial charge in [0.25, 0.3) is 0 Å². The maximum Gasteiger partial charge on any atom is 0.0639 e. The van der Waals surface area contributed by atoms with Crippen LogP contribution in [0.5, 0.6) is 0 Å². The first-order chi connectivity index (χ1) is 6.72. The van der Waals surface area contributed by atoms with Crippen molar-refractivity contribution >= 4 is 0 Å². The van der Waals surface area contributed by atoms with Crippen LogP contribution in [0.3, 0.4) is 0 Å². The smallest absolute Gasteiger partial charge is 0.0639 e. The van der Waals surface area contributed by atoms with E-state index in [0.717, 1.165) is 19.6 Å². The number of rotatable bonds is 5. The molecule has 0 bridgehead atoms. The molecule has 0 amide bonds. The standard InChI is InChI=1S/C11H24N2O/c1-3-4-5-12-6-8-13(9-7-12)10-11(2)14/h11,14H,3-10H2,1-2H3/t11-/m0/s1. The molecular formula is C11H24N2O. The van der Waals surface area contributed by atoms with E-state index in [1.165, 1.54) is 32.5 Å². The summed E-state index contributed by atoms with van der Waals surface area (Å²) in [5.74, 6) is 0. The van der Waals surface area contributed by atoms with E-state index in [0.29, 0.717) is 0 Å². The summed E-state index contributed by atoms with van der Waals surface area (Å²) in [5, 5.41) is 9.26. The second kappa shape index (κ2) is 6.38. The second-order valence-corrected chi connectivity index (χ2v) is 4.34. The summed E-state index contributed by atoms with van der Waals surface area (Å²) in [6.07, 6.45) is 2.42. The number of nitrogens with zero attached hydrogens (tertiary/aromatic N) is 2. The number of unbranched alkanes of at least 4 members (excludes halogenated alkanes) is 1. The summed E-state index contributed by atoms with van der Waals surface area (Å²) in [5.41, 5.74) is 0. The third kappa shape index (κ3) is 4.40. The van der Waals surface area contributed by atoms with Gasteiger partial charge in [-0.2, -0.15) is 0 Å². The van der Waals surface area contributed by atoms with Crippen LogP contribution in [0.1, 0.15) is 26.7 Å². The first kappa shape index (κ1) is 12.0. The molecule has 0 unspecified atom stereocenters. The van der Waals surface area contributed by atoms with Crippen LogP contribution in [-0.2, 0) is 0 Å². The molecule has 0 radical (unpaired) electrons. The molecule has 14 heavy (non-hydrogen) atoms. The topological polar surface area (TPSA) is 26.7 Å². The van der Waals surface area contributed by atoms with Crippen LogP contribution in [-0.4, -0.2) is 60.3 Å². The molecule has 1 aliphatic rings. The van der Waals surface area contributed by atoms with Gasteiger partial charge in [0.2, 0.25) is 0 Å². The molecule has 3 nitrogen and oxygen atoms in total. The lowest BCUT2D eigenvalue weighted by atomic mass is 10.2. The number of hydrogen-bond acceptors (Lipinski definition) is 3. The van der Waals surface area contributed by atoms with Crippen molar-refractivity contribution in [1.82, 2.24) is 9.80 Å². The fourth-order valence-electron chi connectivity index (χ4n) is 1.95. The molecule has 1 N–H and O–H groups in total. The average Bonchev–Trinajstić information content (AvgIpc) is 2.16. The summed E-state index contributed by atoms with van der Waals surface area (Å²) in [4.78, 5) is 4.88. The third-order valence-electron chi connectivity index (χ3n) is 2.82. The van der Waals surface area contributed by atoms with E-state index in [2.05, 4.69) is 16.7 Å². The van der Waals surface area contributed by atoms with Crippen molar-refractivity contribution in [3.8, 4) is 0 Å². The van der Waals surface area contributed by atoms with Crippen LogP contribution < -0.4 is 0 Å². The zero-order valence-electron chi connectivity index (χ0n) is 9.58. The quantitative estimate of drug-likeness (QED) is 0.710. The Balaban J connectivity index is 2.11. The molecule has 3 heteroatoms. The van der Waals surface area contributed by atoms with Gasteiger partial charge in [-0.25, -0.2) is 0 Å². The van der Waals surface area contributed by atoms with Gasteiger partial charge in [0.1, 0.15) is 0 Å². The molecule has 84 valence electrons. The summed E-state index contributed by atoms with van der Waals surface area (Å²) in [6, 6.07) is 0. The molecule has 0 aromatic rings. The van der Waals surface area contributed by atoms with Crippen LogP contribution in [0.25, 0.3) is 0 Å². The minimum Gasteiger partial charge on any atom is -0.392 e. The summed E-state index contributed by atoms with van der Waals surface area (Å²) in [6.45, 7) is 10.8. The lowest BCUT2D eigenvalue weighted by molar-refractivity contribution is 0.0803. The van der Waals surface area contributed by atoms with Crippen molar-refractivity contribution in [3.05, 3.63) is 0 Å². The van der Waals surface area contributed by atoms with Crippen LogP contribution in [0.4, 0.5) is 0 Å². The normalized spacial score (nSPS) is 22.5. The predicted molar refractivity (Wildman–Crippen MR) is 59.5 cm³/mol. The Morgan fingerprint density at radius 1 is 1.14 bits per heavy atom. The first-order valence-electron chi connectivity index (χ1n) is 5.85. The van der Waals surface area contributed by atoms with Crippen LogP contribution >= 0.6 is 0 Å². The highest BCUT2D eigenvalue weighted by atomic mass is 16.3. The Morgan fingerprint density at radius 2 is 1.71 bits per heavy atom. The Bertz CT molecular complexity index is 142. The Morgan fingerprint density at radius 3 is 2.21 bits per heavy atom. The molecule has 0 aromatic carbocycles. The fraction of sp³-hybridized carbons (Fsp3) is 1.00. The molecule has 0 saturated carbocycles. The third-order valence-corrected chi connectivity index (χ3v) is 2.82. The maximum absolute atomic E-state index is 9.26. The largest absolute Gasteiger partial charge is 0.392 e. The zero-order chi connectivity index (χ0) is 10.4. The molecule has 1 heterocycles. The highest BCUT2D eigenvalue weighted by molar-refractivity contribution is 4.72. The number of aliphatic hydroxyl groups is 1. The van der Waals surface area contributed by atoms with Gasteiger partial charge in [0, 0.05) is 32.7 Å². The van der Waals surface area contributed by atoms with Gasteiger partial charge in [-0.1, -0.05) is 13.3 Å². The van der Waals surface area contributed by atoms with Crippen molar-refractivity contribution < 1.29 is 5.11 Å². The zero-order valence-corrected chi connectivity index (χ0v) is 9.58. The van der Waals surface area contributed by atoms with E-state index in [9.17, 15) is 5.11 Å². The van der Waals surface area contributed by atoms with Gasteiger partial charge in [0.15, 0.2) is 0 Å². The lowest BCUT2D eigenvalue weighted by Crippen LogP contribution is -2.48. The molecule has 1 fully saturated rings. The Labute approximate surface area is 87.7 Å². The van der Waals surface area contributed by atoms with Crippen LogP contribution in [0.2, 0.25) is 0 Å². The monoisotopic (exact) mass is 200 g/mol. The number of hydrogen-bond donors (Lipinski definition) is 1. The highest BCUT2D eigenvalue weighted by Gasteiger charge is 2.16. The van der Waals surface area contributed by atoms with Gasteiger partial charge < -0.3 is 10.0 Å². The maximum atomic E-state index is 9.26. The van der Waals surface area contributed by atoms with E-state index < -0.39 is 0 Å². The number of aliphatic hydroxyl groups excluding tert-OH is 1. The minimum atomic E-state index is -0.183. The van der Waals surface area contributed by atoms with Crippen molar-refractivity contribution in [2.45, 2.75) is 32.8 Å². The SMILES string of the molecule is CCCCN1CCN(C[C@H](C)O)CC1. The summed E-state index contributed by atoms with van der Waals surface area (Å²) >= 11 is 0. The molecule has 0 aromatic heterocycles. The van der Waals surface area contributed by atoms with E-state index in [1.54, 1.807) is 0 Å². The van der Waals surface area contributed by atoms with Gasteiger partial charge in [-0.3, -0.25) is 4.90 Å². The van der Waals surface area contributed by atoms with Crippen LogP contribution in [0, 0.1) is 0 Å². The van der Waals surface area contributed by atoms with Gasteiger partial charge in [0.05, 0.1) is 6.10 Å². The number of piperazine rings is 1. The predicted octanol–water partition coefficient (Wildman–Crippen LogP) is 0.785. The average molecular weight is 200 g/mol. The van der Waals surface area contributed by atoms with Crippen molar-refractivity contribution in [1.29, 1.82) is 0 Å². The minimum absolute atomic E-state index is 0.183. The molecule has 0 spiro atoms. The van der Waals surface area contributed by atoms with Gasteiger partial charge >= 0.3 is 0 Å². The summed E-state index contributed by atoms with van der Waals surface area (Å²) < 4.78 is 0. The Kier molecular flexibility index (Phi) is 5.45. The van der Waals surface area contributed by atoms with Gasteiger partial charge in [-0.15, -0.1) is 0 Å². The van der Waals surface area contributed by atoms with E-state index in [4.69, 9.17) is 0 Å². The first-order valence-corrected chi connectivity index (χ1v) is 5.85. The molecule has 0 aliphatic carbocycles. The molecular weight excluding hydrogens is 176 g/mol. The molecule has 1 saturated heterocycles. The molecule has 1 atom stereocenters. The lowest BCUT2D eigenvalue weighted by Gasteiger charge is -2.35. The van der Waals surface area contributed by atoms with Crippen LogP contribution in [0.15, 0.2) is 0 Å². The van der Waals surface area contributed by atoms with Gasteiger partial charge in [-0.05, 0) is 19.9 Å². The Hall–Kier alpha value is -0.120. The second-order valence-electron chi connectivity index (χ2n) is 4.34. The van der Waals surface area contributed by atoms with Crippen molar-refractivity contribution in [2.24, 2.45) is 0 Å². The fourth-order valence-corrected chi connectivity index (χ4v) is 1.95. The highest BCUT2D eigenvalue weighted by Crippen LogP contribution is 2.03. The molecule has 1 aliphatic heterocycles. The molecule has 1 rings (SSSR count).